The van der Waals surface area contributed by atoms with Crippen LogP contribution in [0.25, 0.3) is 11.3 Å². The number of carbonyl (C=O) groups excluding carboxylic acids is 1. The van der Waals surface area contributed by atoms with Crippen molar-refractivity contribution in [3.05, 3.63) is 37.9 Å². The van der Waals surface area contributed by atoms with Gasteiger partial charge < -0.3 is 0 Å². The van der Waals surface area contributed by atoms with Crippen molar-refractivity contribution in [2.45, 2.75) is 0 Å². The second-order valence-electron chi connectivity index (χ2n) is 3.42. The Hall–Kier alpha value is -0.650. The van der Waals surface area contributed by atoms with Gasteiger partial charge in [0.25, 0.3) is 0 Å². The van der Waals surface area contributed by atoms with E-state index >= 15 is 0 Å². The zero-order chi connectivity index (χ0) is 12.6. The number of nitrogens with zero attached hydrogens (tertiary/aromatic N) is 2. The largest absolute Gasteiger partial charge is 0.298 e. The Morgan fingerprint density at radius 3 is 2.71 bits per heavy atom. The predicted octanol–water partition coefficient (Wildman–Crippen LogP) is 4.08. The van der Waals surface area contributed by atoms with E-state index in [1.54, 1.807) is 17.8 Å². The summed E-state index contributed by atoms with van der Waals surface area (Å²) in [5, 5.41) is 4.83. The van der Waals surface area contributed by atoms with E-state index in [-0.39, 0.29) is 0 Å². The molecule has 1 aromatic carbocycles. The molecule has 0 amide bonds. The molecule has 88 valence electrons. The van der Waals surface area contributed by atoms with Crippen LogP contribution in [0.3, 0.4) is 0 Å². The minimum Gasteiger partial charge on any atom is -0.298 e. The predicted molar refractivity (Wildman–Crippen MR) is 74.4 cm³/mol. The molecular formula is C11H7Br2ClN2O. The quantitative estimate of drug-likeness (QED) is 0.738. The van der Waals surface area contributed by atoms with E-state index in [9.17, 15) is 4.79 Å². The zero-order valence-electron chi connectivity index (χ0n) is 8.75. The van der Waals surface area contributed by atoms with E-state index in [0.29, 0.717) is 20.9 Å². The maximum Gasteiger partial charge on any atom is 0.155 e. The summed E-state index contributed by atoms with van der Waals surface area (Å²) in [5.41, 5.74) is 1.81. The fourth-order valence-corrected chi connectivity index (χ4v) is 2.63. The van der Waals surface area contributed by atoms with Crippen molar-refractivity contribution in [1.29, 1.82) is 0 Å². The topological polar surface area (TPSA) is 34.9 Å². The van der Waals surface area contributed by atoms with Crippen LogP contribution in [0, 0.1) is 0 Å². The zero-order valence-corrected chi connectivity index (χ0v) is 12.7. The minimum atomic E-state index is 0.497. The number of hydrogen-bond donors (Lipinski definition) is 0. The Kier molecular flexibility index (Phi) is 3.70. The van der Waals surface area contributed by atoms with E-state index in [1.807, 2.05) is 12.1 Å². The molecule has 0 atom stereocenters. The van der Waals surface area contributed by atoms with Gasteiger partial charge in [-0.3, -0.25) is 9.48 Å². The Morgan fingerprint density at radius 2 is 2.12 bits per heavy atom. The molecule has 0 aliphatic rings. The highest BCUT2D eigenvalue weighted by molar-refractivity contribution is 9.10. The van der Waals surface area contributed by atoms with Crippen molar-refractivity contribution >= 4 is 49.7 Å². The van der Waals surface area contributed by atoms with Crippen molar-refractivity contribution in [3.8, 4) is 11.3 Å². The average molecular weight is 378 g/mol. The summed E-state index contributed by atoms with van der Waals surface area (Å²) >= 11 is 12.8. The van der Waals surface area contributed by atoms with E-state index in [4.69, 9.17) is 11.6 Å². The molecule has 2 aromatic rings. The van der Waals surface area contributed by atoms with E-state index in [0.717, 1.165) is 16.3 Å². The van der Waals surface area contributed by atoms with Crippen LogP contribution in [0.4, 0.5) is 0 Å². The molecule has 0 spiro atoms. The molecule has 0 bridgehead atoms. The molecule has 1 heterocycles. The van der Waals surface area contributed by atoms with Gasteiger partial charge in [0, 0.05) is 17.1 Å². The number of hydrogen-bond acceptors (Lipinski definition) is 2. The number of benzene rings is 1. The van der Waals surface area contributed by atoms with E-state index < -0.39 is 0 Å². The smallest absolute Gasteiger partial charge is 0.155 e. The second kappa shape index (κ2) is 4.92. The third-order valence-electron chi connectivity index (χ3n) is 2.32. The minimum absolute atomic E-state index is 0.497. The molecule has 3 nitrogen and oxygen atoms in total. The van der Waals surface area contributed by atoms with Crippen LogP contribution in [0.2, 0.25) is 5.02 Å². The molecule has 2 rings (SSSR count). The average Bonchev–Trinajstić information content (AvgIpc) is 2.55. The van der Waals surface area contributed by atoms with Crippen molar-refractivity contribution < 1.29 is 4.79 Å². The molecule has 0 saturated heterocycles. The molecule has 0 aliphatic heterocycles. The van der Waals surface area contributed by atoms with Crippen molar-refractivity contribution in [2.75, 3.05) is 0 Å². The first-order chi connectivity index (χ1) is 8.04. The van der Waals surface area contributed by atoms with Crippen LogP contribution in [0.1, 0.15) is 10.4 Å². The van der Waals surface area contributed by atoms with Gasteiger partial charge in [-0.1, -0.05) is 33.6 Å². The fraction of sp³-hybridized carbons (Fsp3) is 0.0909. The summed E-state index contributed by atoms with van der Waals surface area (Å²) in [5.74, 6) is 0. The maximum atomic E-state index is 11.1. The lowest BCUT2D eigenvalue weighted by Gasteiger charge is -2.02. The summed E-state index contributed by atoms with van der Waals surface area (Å²) < 4.78 is 3.12. The maximum absolute atomic E-state index is 11.1. The molecule has 0 N–H and O–H groups in total. The Morgan fingerprint density at radius 1 is 1.41 bits per heavy atom. The van der Waals surface area contributed by atoms with Crippen molar-refractivity contribution in [2.24, 2.45) is 7.05 Å². The van der Waals surface area contributed by atoms with Gasteiger partial charge in [0.1, 0.15) is 10.3 Å². The normalized spacial score (nSPS) is 10.6. The van der Waals surface area contributed by atoms with Gasteiger partial charge in [0.05, 0.1) is 10.6 Å². The summed E-state index contributed by atoms with van der Waals surface area (Å²) in [6, 6.07) is 5.46. The first-order valence-corrected chi connectivity index (χ1v) is 6.64. The van der Waals surface area contributed by atoms with Crippen LogP contribution in [-0.4, -0.2) is 16.1 Å². The summed E-state index contributed by atoms with van der Waals surface area (Å²) in [6.45, 7) is 0. The first kappa shape index (κ1) is 12.8. The Bertz CT molecular complexity index is 595. The molecule has 6 heteroatoms. The molecule has 0 aliphatic carbocycles. The van der Waals surface area contributed by atoms with Crippen LogP contribution in [0.15, 0.2) is 27.3 Å². The lowest BCUT2D eigenvalue weighted by atomic mass is 10.1. The SMILES string of the molecule is Cn1nc(-c2ccc(Br)cc2Cl)c(C=O)c1Br. The standard InChI is InChI=1S/C11H7Br2ClN2O/c1-16-11(13)8(5-17)10(15-16)7-3-2-6(12)4-9(7)14/h2-5H,1H3. The number of aryl methyl sites for hydroxylation is 1. The van der Waals surface area contributed by atoms with Gasteiger partial charge in [-0.05, 0) is 28.1 Å². The molecule has 0 saturated carbocycles. The Labute approximate surface area is 120 Å². The molecule has 0 fully saturated rings. The monoisotopic (exact) mass is 376 g/mol. The van der Waals surface area contributed by atoms with Crippen LogP contribution < -0.4 is 0 Å². The highest BCUT2D eigenvalue weighted by Crippen LogP contribution is 2.33. The first-order valence-electron chi connectivity index (χ1n) is 4.67. The summed E-state index contributed by atoms with van der Waals surface area (Å²) in [4.78, 5) is 11.1. The molecule has 0 unspecified atom stereocenters. The lowest BCUT2D eigenvalue weighted by Crippen LogP contribution is -1.90. The van der Waals surface area contributed by atoms with E-state index in [1.165, 1.54) is 0 Å². The molecule has 0 radical (unpaired) electrons. The lowest BCUT2D eigenvalue weighted by molar-refractivity contribution is 0.112. The van der Waals surface area contributed by atoms with Crippen LogP contribution in [0.5, 0.6) is 0 Å². The molecular weight excluding hydrogens is 371 g/mol. The summed E-state index contributed by atoms with van der Waals surface area (Å²) in [7, 11) is 1.76. The highest BCUT2D eigenvalue weighted by Gasteiger charge is 2.17. The Balaban J connectivity index is 2.68. The third-order valence-corrected chi connectivity index (χ3v) is 4.06. The third kappa shape index (κ3) is 2.32. The fourth-order valence-electron chi connectivity index (χ4n) is 1.50. The number of carbonyl (C=O) groups is 1. The second-order valence-corrected chi connectivity index (χ2v) is 5.49. The van der Waals surface area contributed by atoms with Gasteiger partial charge in [0.15, 0.2) is 6.29 Å². The van der Waals surface area contributed by atoms with Crippen LogP contribution in [-0.2, 0) is 7.05 Å². The van der Waals surface area contributed by atoms with Crippen LogP contribution >= 0.6 is 43.5 Å². The highest BCUT2D eigenvalue weighted by atomic mass is 79.9. The van der Waals surface area contributed by atoms with Gasteiger partial charge >= 0.3 is 0 Å². The van der Waals surface area contributed by atoms with Crippen molar-refractivity contribution in [1.82, 2.24) is 9.78 Å². The molecule has 17 heavy (non-hydrogen) atoms. The molecule has 1 aromatic heterocycles. The van der Waals surface area contributed by atoms with Gasteiger partial charge in [-0.15, -0.1) is 0 Å². The van der Waals surface area contributed by atoms with E-state index in [2.05, 4.69) is 37.0 Å². The number of aromatic nitrogens is 2. The number of halogens is 3. The van der Waals surface area contributed by atoms with Gasteiger partial charge in [0.2, 0.25) is 0 Å². The summed E-state index contributed by atoms with van der Waals surface area (Å²) in [6.07, 6.45) is 0.769. The number of rotatable bonds is 2. The van der Waals surface area contributed by atoms with Crippen molar-refractivity contribution in [3.63, 3.8) is 0 Å². The van der Waals surface area contributed by atoms with Gasteiger partial charge in [-0.25, -0.2) is 0 Å². The van der Waals surface area contributed by atoms with Gasteiger partial charge in [-0.2, -0.15) is 5.10 Å². The number of aldehydes is 1.